The first-order valence-corrected chi connectivity index (χ1v) is 3.45. The molecule has 0 saturated carbocycles. The van der Waals surface area contributed by atoms with E-state index in [-0.39, 0.29) is 12.1 Å². The molecule has 0 aromatic heterocycles. The Kier molecular flexibility index (Phi) is 2.27. The van der Waals surface area contributed by atoms with Crippen LogP contribution >= 0.6 is 0 Å². The first-order valence-electron chi connectivity index (χ1n) is 3.45. The summed E-state index contributed by atoms with van der Waals surface area (Å²) >= 11 is 0. The SMILES string of the molecule is CC(=O)OC1COCC1C. The summed E-state index contributed by atoms with van der Waals surface area (Å²) in [5.41, 5.74) is 0. The molecule has 0 aromatic rings. The zero-order valence-electron chi connectivity index (χ0n) is 6.29. The molecule has 1 fully saturated rings. The zero-order chi connectivity index (χ0) is 7.56. The second-order valence-electron chi connectivity index (χ2n) is 2.66. The van der Waals surface area contributed by atoms with Gasteiger partial charge in [-0.25, -0.2) is 0 Å². The fraction of sp³-hybridized carbons (Fsp3) is 0.857. The molecule has 0 radical (unpaired) electrons. The van der Waals surface area contributed by atoms with Gasteiger partial charge >= 0.3 is 5.97 Å². The summed E-state index contributed by atoms with van der Waals surface area (Å²) in [5, 5.41) is 0. The summed E-state index contributed by atoms with van der Waals surface area (Å²) in [6.07, 6.45) is -0.0162. The minimum absolute atomic E-state index is 0.0162. The molecular weight excluding hydrogens is 132 g/mol. The molecule has 3 heteroatoms. The third kappa shape index (κ3) is 1.70. The largest absolute Gasteiger partial charge is 0.460 e. The van der Waals surface area contributed by atoms with E-state index < -0.39 is 0 Å². The average molecular weight is 144 g/mol. The van der Waals surface area contributed by atoms with Gasteiger partial charge in [0, 0.05) is 12.8 Å². The van der Waals surface area contributed by atoms with Gasteiger partial charge in [0.1, 0.15) is 6.10 Å². The van der Waals surface area contributed by atoms with Crippen molar-refractivity contribution in [3.63, 3.8) is 0 Å². The lowest BCUT2D eigenvalue weighted by Crippen LogP contribution is -2.22. The number of carbonyl (C=O) groups is 1. The summed E-state index contributed by atoms with van der Waals surface area (Å²) in [5.74, 6) is 0.131. The van der Waals surface area contributed by atoms with Crippen molar-refractivity contribution >= 4 is 5.97 Å². The molecule has 2 atom stereocenters. The third-order valence-electron chi connectivity index (χ3n) is 1.61. The van der Waals surface area contributed by atoms with Gasteiger partial charge in [-0.3, -0.25) is 4.79 Å². The van der Waals surface area contributed by atoms with Gasteiger partial charge in [0.2, 0.25) is 0 Å². The number of carbonyl (C=O) groups excluding carboxylic acids is 1. The Morgan fingerprint density at radius 1 is 1.60 bits per heavy atom. The van der Waals surface area contributed by atoms with Crippen LogP contribution in [0.25, 0.3) is 0 Å². The molecule has 0 amide bonds. The third-order valence-corrected chi connectivity index (χ3v) is 1.61. The topological polar surface area (TPSA) is 35.5 Å². The number of esters is 1. The van der Waals surface area contributed by atoms with Gasteiger partial charge in [-0.05, 0) is 0 Å². The van der Waals surface area contributed by atoms with E-state index in [1.165, 1.54) is 6.92 Å². The van der Waals surface area contributed by atoms with E-state index in [2.05, 4.69) is 0 Å². The molecule has 1 heterocycles. The first-order chi connectivity index (χ1) is 4.70. The molecule has 10 heavy (non-hydrogen) atoms. The molecule has 1 saturated heterocycles. The highest BCUT2D eigenvalue weighted by Gasteiger charge is 2.26. The fourth-order valence-corrected chi connectivity index (χ4v) is 1.01. The summed E-state index contributed by atoms with van der Waals surface area (Å²) in [6, 6.07) is 0. The standard InChI is InChI=1S/C7H12O3/c1-5-3-9-4-7(5)10-6(2)8/h5,7H,3-4H2,1-2H3. The molecule has 0 N–H and O–H groups in total. The van der Waals surface area contributed by atoms with Crippen molar-refractivity contribution in [1.29, 1.82) is 0 Å². The molecule has 1 rings (SSSR count). The zero-order valence-corrected chi connectivity index (χ0v) is 6.29. The maximum absolute atomic E-state index is 10.5. The molecule has 0 aliphatic carbocycles. The van der Waals surface area contributed by atoms with Gasteiger partial charge in [-0.1, -0.05) is 6.92 Å². The number of rotatable bonds is 1. The molecule has 1 aliphatic rings. The van der Waals surface area contributed by atoms with Crippen molar-refractivity contribution in [2.45, 2.75) is 20.0 Å². The maximum atomic E-state index is 10.5. The number of ether oxygens (including phenoxy) is 2. The van der Waals surface area contributed by atoms with Crippen molar-refractivity contribution in [3.05, 3.63) is 0 Å². The van der Waals surface area contributed by atoms with Crippen LogP contribution in [0.2, 0.25) is 0 Å². The normalized spacial score (nSPS) is 32.2. The summed E-state index contributed by atoms with van der Waals surface area (Å²) in [7, 11) is 0. The lowest BCUT2D eigenvalue weighted by atomic mass is 10.1. The summed E-state index contributed by atoms with van der Waals surface area (Å²) in [4.78, 5) is 10.5. The Morgan fingerprint density at radius 3 is 2.70 bits per heavy atom. The van der Waals surface area contributed by atoms with Gasteiger partial charge < -0.3 is 9.47 Å². The summed E-state index contributed by atoms with van der Waals surface area (Å²) in [6.45, 7) is 4.70. The highest BCUT2D eigenvalue weighted by Crippen LogP contribution is 2.15. The Labute approximate surface area is 60.3 Å². The number of hydrogen-bond acceptors (Lipinski definition) is 3. The van der Waals surface area contributed by atoms with E-state index in [0.29, 0.717) is 19.1 Å². The smallest absolute Gasteiger partial charge is 0.302 e. The van der Waals surface area contributed by atoms with Crippen molar-refractivity contribution < 1.29 is 14.3 Å². The van der Waals surface area contributed by atoms with Crippen LogP contribution in [0.5, 0.6) is 0 Å². The minimum Gasteiger partial charge on any atom is -0.460 e. The van der Waals surface area contributed by atoms with E-state index in [0.717, 1.165) is 0 Å². The van der Waals surface area contributed by atoms with Crippen molar-refractivity contribution in [1.82, 2.24) is 0 Å². The van der Waals surface area contributed by atoms with E-state index in [1.54, 1.807) is 0 Å². The Morgan fingerprint density at radius 2 is 2.30 bits per heavy atom. The predicted octanol–water partition coefficient (Wildman–Crippen LogP) is 0.584. The predicted molar refractivity (Wildman–Crippen MR) is 35.5 cm³/mol. The molecular formula is C7H12O3. The van der Waals surface area contributed by atoms with Gasteiger partial charge in [0.15, 0.2) is 0 Å². The van der Waals surface area contributed by atoms with Crippen LogP contribution in [0.1, 0.15) is 13.8 Å². The average Bonchev–Trinajstić information content (AvgIpc) is 2.15. The molecule has 2 unspecified atom stereocenters. The Balaban J connectivity index is 2.33. The Hall–Kier alpha value is -0.570. The molecule has 1 aliphatic heterocycles. The highest BCUT2D eigenvalue weighted by molar-refractivity contribution is 5.66. The number of hydrogen-bond donors (Lipinski definition) is 0. The van der Waals surface area contributed by atoms with Gasteiger partial charge in [-0.2, -0.15) is 0 Å². The second kappa shape index (κ2) is 3.01. The highest BCUT2D eigenvalue weighted by atomic mass is 16.6. The van der Waals surface area contributed by atoms with Crippen LogP contribution in [0.15, 0.2) is 0 Å². The van der Waals surface area contributed by atoms with Gasteiger partial charge in [-0.15, -0.1) is 0 Å². The monoisotopic (exact) mass is 144 g/mol. The van der Waals surface area contributed by atoms with Crippen LogP contribution in [0.3, 0.4) is 0 Å². The van der Waals surface area contributed by atoms with Crippen LogP contribution < -0.4 is 0 Å². The van der Waals surface area contributed by atoms with E-state index >= 15 is 0 Å². The second-order valence-corrected chi connectivity index (χ2v) is 2.66. The molecule has 3 nitrogen and oxygen atoms in total. The molecule has 0 bridgehead atoms. The fourth-order valence-electron chi connectivity index (χ4n) is 1.01. The minimum atomic E-state index is -0.220. The molecule has 0 aromatic carbocycles. The van der Waals surface area contributed by atoms with Crippen molar-refractivity contribution in [2.75, 3.05) is 13.2 Å². The van der Waals surface area contributed by atoms with Crippen LogP contribution in [0.4, 0.5) is 0 Å². The molecule has 58 valence electrons. The Bertz CT molecular complexity index is 133. The van der Waals surface area contributed by atoms with E-state index in [4.69, 9.17) is 9.47 Å². The van der Waals surface area contributed by atoms with Crippen LogP contribution in [-0.4, -0.2) is 25.3 Å². The quantitative estimate of drug-likeness (QED) is 0.505. The van der Waals surface area contributed by atoms with E-state index in [9.17, 15) is 4.79 Å². The lowest BCUT2D eigenvalue weighted by Gasteiger charge is -2.11. The lowest BCUT2D eigenvalue weighted by molar-refractivity contribution is -0.147. The molecule has 0 spiro atoms. The van der Waals surface area contributed by atoms with Crippen LogP contribution in [-0.2, 0) is 14.3 Å². The first kappa shape index (κ1) is 7.54. The van der Waals surface area contributed by atoms with Crippen molar-refractivity contribution in [2.24, 2.45) is 5.92 Å². The van der Waals surface area contributed by atoms with Crippen LogP contribution in [0, 0.1) is 5.92 Å². The maximum Gasteiger partial charge on any atom is 0.302 e. The summed E-state index contributed by atoms with van der Waals surface area (Å²) < 4.78 is 10.1. The van der Waals surface area contributed by atoms with Gasteiger partial charge in [0.05, 0.1) is 13.2 Å². The van der Waals surface area contributed by atoms with Gasteiger partial charge in [0.25, 0.3) is 0 Å². The van der Waals surface area contributed by atoms with Crippen molar-refractivity contribution in [3.8, 4) is 0 Å². The van der Waals surface area contributed by atoms with E-state index in [1.807, 2.05) is 6.92 Å².